The van der Waals surface area contributed by atoms with Crippen molar-refractivity contribution in [2.24, 2.45) is 5.92 Å². The molecule has 0 radical (unpaired) electrons. The molecular weight excluding hydrogens is 538 g/mol. The zero-order valence-corrected chi connectivity index (χ0v) is 21.8. The first-order valence-corrected chi connectivity index (χ1v) is 12.9. The van der Waals surface area contributed by atoms with Gasteiger partial charge in [-0.15, -0.1) is 0 Å². The molecule has 0 unspecified atom stereocenters. The van der Waals surface area contributed by atoms with Crippen molar-refractivity contribution in [3.05, 3.63) is 59.7 Å². The normalized spacial score (nSPS) is 24.3. The number of carbonyl (C=O) groups excluding carboxylic acids is 3. The molecular formula is C29H31NO11. The molecule has 218 valence electrons. The number of aliphatic hydroxyl groups is 2. The van der Waals surface area contributed by atoms with E-state index in [9.17, 15) is 45.0 Å². The van der Waals surface area contributed by atoms with Crippen LogP contribution in [0.3, 0.4) is 0 Å². The van der Waals surface area contributed by atoms with Gasteiger partial charge in [0.1, 0.15) is 6.10 Å². The Morgan fingerprint density at radius 3 is 1.93 bits per heavy atom. The molecule has 41 heavy (non-hydrogen) atoms. The van der Waals surface area contributed by atoms with Gasteiger partial charge in [0.2, 0.25) is 0 Å². The molecule has 12 heteroatoms. The lowest BCUT2D eigenvalue weighted by atomic mass is 9.74. The summed E-state index contributed by atoms with van der Waals surface area (Å²) in [6, 6.07) is 7.67. The molecule has 0 spiro atoms. The first kappa shape index (κ1) is 29.4. The molecule has 0 aliphatic heterocycles. The fourth-order valence-electron chi connectivity index (χ4n) is 4.55. The molecule has 0 saturated heterocycles. The van der Waals surface area contributed by atoms with Crippen molar-refractivity contribution >= 4 is 30.0 Å². The highest BCUT2D eigenvalue weighted by Gasteiger charge is 2.54. The van der Waals surface area contributed by atoms with Crippen molar-refractivity contribution in [1.82, 2.24) is 5.32 Å². The first-order chi connectivity index (χ1) is 19.5. The highest BCUT2D eigenvalue weighted by molar-refractivity contribution is 5.93. The predicted molar refractivity (Wildman–Crippen MR) is 143 cm³/mol. The number of aliphatic hydroxyl groups excluding tert-OH is 2. The molecule has 4 rings (SSSR count). The Labute approximate surface area is 234 Å². The van der Waals surface area contributed by atoms with Crippen molar-refractivity contribution in [2.75, 3.05) is 6.61 Å². The van der Waals surface area contributed by atoms with E-state index in [1.807, 2.05) is 0 Å². The smallest absolute Gasteiger partial charge is 0.331 e. The number of phenolic OH excluding ortho intramolecular Hbond substituents is 4. The van der Waals surface area contributed by atoms with Gasteiger partial charge in [-0.2, -0.15) is 0 Å². The molecule has 12 nitrogen and oxygen atoms in total. The largest absolute Gasteiger partial charge is 0.504 e. The van der Waals surface area contributed by atoms with Crippen LogP contribution in [-0.2, 0) is 23.9 Å². The van der Waals surface area contributed by atoms with Crippen LogP contribution < -0.4 is 5.32 Å². The molecule has 4 atom stereocenters. The molecule has 7 N–H and O–H groups in total. The van der Waals surface area contributed by atoms with Crippen LogP contribution in [0.1, 0.15) is 36.8 Å². The van der Waals surface area contributed by atoms with E-state index in [1.54, 1.807) is 0 Å². The van der Waals surface area contributed by atoms with Gasteiger partial charge in [0, 0.05) is 43.6 Å². The number of benzene rings is 2. The number of hydrogen-bond donors (Lipinski definition) is 7. The number of nitrogens with one attached hydrogen (secondary N) is 1. The van der Waals surface area contributed by atoms with Gasteiger partial charge in [0.05, 0.1) is 6.10 Å². The topological polar surface area (TPSA) is 203 Å². The van der Waals surface area contributed by atoms with Gasteiger partial charge >= 0.3 is 11.9 Å². The summed E-state index contributed by atoms with van der Waals surface area (Å²) in [5.74, 6) is -4.93. The fourth-order valence-corrected chi connectivity index (χ4v) is 4.55. The predicted octanol–water partition coefficient (Wildman–Crippen LogP) is 1.47. The maximum Gasteiger partial charge on any atom is 0.331 e. The summed E-state index contributed by atoms with van der Waals surface area (Å²) in [5.41, 5.74) is -1.15. The number of aromatic hydroxyl groups is 4. The second-order valence-corrected chi connectivity index (χ2v) is 10.1. The number of hydrogen-bond acceptors (Lipinski definition) is 11. The molecule has 0 bridgehead atoms. The zero-order valence-electron chi connectivity index (χ0n) is 21.8. The monoisotopic (exact) mass is 569 g/mol. The number of amides is 1. The van der Waals surface area contributed by atoms with Crippen LogP contribution >= 0.6 is 0 Å². The molecule has 2 fully saturated rings. The quantitative estimate of drug-likeness (QED) is 0.131. The molecule has 1 amide bonds. The summed E-state index contributed by atoms with van der Waals surface area (Å²) in [5, 5.41) is 61.8. The van der Waals surface area contributed by atoms with Crippen LogP contribution in [0.25, 0.3) is 12.2 Å². The Kier molecular flexibility index (Phi) is 8.84. The van der Waals surface area contributed by atoms with Crippen molar-refractivity contribution in [2.45, 2.75) is 49.5 Å². The third-order valence-electron chi connectivity index (χ3n) is 6.93. The number of carbonyl (C=O) groups is 3. The Morgan fingerprint density at radius 1 is 0.854 bits per heavy atom. The average molecular weight is 570 g/mol. The van der Waals surface area contributed by atoms with Crippen LogP contribution in [0.5, 0.6) is 23.0 Å². The van der Waals surface area contributed by atoms with Crippen molar-refractivity contribution in [3.63, 3.8) is 0 Å². The zero-order chi connectivity index (χ0) is 29.7. The number of rotatable bonds is 9. The third-order valence-corrected chi connectivity index (χ3v) is 6.93. The van der Waals surface area contributed by atoms with Gasteiger partial charge in [-0.1, -0.05) is 12.1 Å². The molecule has 0 heterocycles. The van der Waals surface area contributed by atoms with Gasteiger partial charge < -0.3 is 45.4 Å². The second kappa shape index (κ2) is 12.3. The van der Waals surface area contributed by atoms with Crippen LogP contribution in [0.15, 0.2) is 48.6 Å². The van der Waals surface area contributed by atoms with E-state index in [4.69, 9.17) is 9.47 Å². The number of phenols is 4. The highest BCUT2D eigenvalue weighted by Crippen LogP contribution is 2.39. The van der Waals surface area contributed by atoms with E-state index in [-0.39, 0.29) is 30.4 Å². The summed E-state index contributed by atoms with van der Waals surface area (Å²) in [6.45, 7) is -0.587. The standard InChI is InChI=1S/C29H31NO11/c31-15-18-13-29(28(39)30-19-5-6-19,41-26(37)10-4-17-2-8-21(33)23(35)12-17)14-24(27(18)38)40-25(36)9-3-16-1-7-20(32)22(34)11-16/h1-4,7-12,18-19,24,27,31-35,38H,5-6,13-15H2,(H,30,39)/b9-3+,10-4+/t18-,24+,27+,29-/m0/s1. The summed E-state index contributed by atoms with van der Waals surface area (Å²) < 4.78 is 11.1. The van der Waals surface area contributed by atoms with Crippen LogP contribution in [0.2, 0.25) is 0 Å². The van der Waals surface area contributed by atoms with E-state index >= 15 is 0 Å². The van der Waals surface area contributed by atoms with E-state index in [0.29, 0.717) is 11.1 Å². The second-order valence-electron chi connectivity index (χ2n) is 10.1. The van der Waals surface area contributed by atoms with Gasteiger partial charge in [-0.05, 0) is 60.4 Å². The minimum atomic E-state index is -1.88. The summed E-state index contributed by atoms with van der Waals surface area (Å²) in [4.78, 5) is 38.9. The first-order valence-electron chi connectivity index (χ1n) is 12.9. The molecule has 2 aliphatic carbocycles. The van der Waals surface area contributed by atoms with E-state index in [2.05, 4.69) is 5.32 Å². The molecule has 2 aromatic rings. The van der Waals surface area contributed by atoms with E-state index in [0.717, 1.165) is 25.0 Å². The number of ether oxygens (including phenoxy) is 2. The average Bonchev–Trinajstić information content (AvgIpc) is 3.75. The minimum Gasteiger partial charge on any atom is -0.504 e. The lowest BCUT2D eigenvalue weighted by Crippen LogP contribution is -2.60. The Hall–Kier alpha value is -4.55. The molecule has 2 aromatic carbocycles. The summed E-state index contributed by atoms with van der Waals surface area (Å²) in [7, 11) is 0. The SMILES string of the molecule is O=C(/C=C/c1ccc(O)c(O)c1)O[C@@H]1C[C@](OC(=O)/C=C/c2ccc(O)c(O)c2)(C(=O)NC2CC2)C[C@@H](CO)[C@H]1O. The molecule has 2 saturated carbocycles. The van der Waals surface area contributed by atoms with Gasteiger partial charge in [0.25, 0.3) is 5.91 Å². The molecule has 0 aromatic heterocycles. The number of esters is 2. The summed E-state index contributed by atoms with van der Waals surface area (Å²) >= 11 is 0. The third kappa shape index (κ3) is 7.35. The van der Waals surface area contributed by atoms with E-state index in [1.165, 1.54) is 48.6 Å². The Balaban J connectivity index is 1.54. The van der Waals surface area contributed by atoms with Gasteiger partial charge in [-0.3, -0.25) is 4.79 Å². The van der Waals surface area contributed by atoms with Gasteiger partial charge in [0.15, 0.2) is 28.6 Å². The Bertz CT molecular complexity index is 1370. The summed E-state index contributed by atoms with van der Waals surface area (Å²) in [6.07, 6.45) is 2.81. The van der Waals surface area contributed by atoms with E-state index < -0.39 is 59.7 Å². The Morgan fingerprint density at radius 2 is 1.41 bits per heavy atom. The van der Waals surface area contributed by atoms with Gasteiger partial charge in [-0.25, -0.2) is 9.59 Å². The lowest BCUT2D eigenvalue weighted by molar-refractivity contribution is -0.193. The molecule has 2 aliphatic rings. The maximum absolute atomic E-state index is 13.4. The van der Waals surface area contributed by atoms with Crippen molar-refractivity contribution < 1.29 is 54.5 Å². The van der Waals surface area contributed by atoms with Crippen LogP contribution in [0.4, 0.5) is 0 Å². The van der Waals surface area contributed by atoms with Crippen molar-refractivity contribution in [3.8, 4) is 23.0 Å². The highest BCUT2D eigenvalue weighted by atomic mass is 16.6. The van der Waals surface area contributed by atoms with Crippen LogP contribution in [0, 0.1) is 5.92 Å². The lowest BCUT2D eigenvalue weighted by Gasteiger charge is -2.44. The van der Waals surface area contributed by atoms with Crippen molar-refractivity contribution in [1.29, 1.82) is 0 Å². The van der Waals surface area contributed by atoms with Crippen LogP contribution in [-0.4, -0.2) is 78.9 Å². The maximum atomic E-state index is 13.4. The fraction of sp³-hybridized carbons (Fsp3) is 0.345. The minimum absolute atomic E-state index is 0.112.